The Balaban J connectivity index is 2.47. The standard InChI is InChI=1S/C18H26N2O5/c1-4-20(5-2)17(22)8-6-7-16(21)19(3)14-9-11-15(12-10-14)25-13-18(23)24/h9-12H,4-8,13H2,1-3H3,(H,23,24). The second-order valence-corrected chi connectivity index (χ2v) is 5.55. The summed E-state index contributed by atoms with van der Waals surface area (Å²) >= 11 is 0. The Bertz CT molecular complexity index is 582. The quantitative estimate of drug-likeness (QED) is 0.699. The zero-order chi connectivity index (χ0) is 18.8. The second-order valence-electron chi connectivity index (χ2n) is 5.55. The summed E-state index contributed by atoms with van der Waals surface area (Å²) in [6, 6.07) is 6.62. The van der Waals surface area contributed by atoms with Gasteiger partial charge >= 0.3 is 5.97 Å². The molecule has 138 valence electrons. The Morgan fingerprint density at radius 2 is 1.56 bits per heavy atom. The summed E-state index contributed by atoms with van der Waals surface area (Å²) in [5.41, 5.74) is 0.683. The number of hydrogen-bond acceptors (Lipinski definition) is 4. The van der Waals surface area contributed by atoms with Gasteiger partial charge in [-0.1, -0.05) is 0 Å². The van der Waals surface area contributed by atoms with Crippen molar-refractivity contribution < 1.29 is 24.2 Å². The molecule has 0 aliphatic carbocycles. The predicted octanol–water partition coefficient (Wildman–Crippen LogP) is 2.15. The Morgan fingerprint density at radius 3 is 2.08 bits per heavy atom. The molecule has 1 aromatic carbocycles. The maximum absolute atomic E-state index is 12.2. The van der Waals surface area contributed by atoms with Crippen LogP contribution in [-0.2, 0) is 14.4 Å². The van der Waals surface area contributed by atoms with E-state index >= 15 is 0 Å². The van der Waals surface area contributed by atoms with Crippen molar-refractivity contribution in [3.63, 3.8) is 0 Å². The lowest BCUT2D eigenvalue weighted by molar-refractivity contribution is -0.139. The molecule has 1 aromatic rings. The molecule has 7 nitrogen and oxygen atoms in total. The van der Waals surface area contributed by atoms with E-state index in [0.717, 1.165) is 0 Å². The summed E-state index contributed by atoms with van der Waals surface area (Å²) in [5.74, 6) is -0.626. The molecule has 0 unspecified atom stereocenters. The van der Waals surface area contributed by atoms with Crippen molar-refractivity contribution in [2.45, 2.75) is 33.1 Å². The van der Waals surface area contributed by atoms with Gasteiger partial charge in [-0.15, -0.1) is 0 Å². The first kappa shape index (κ1) is 20.5. The number of carbonyl (C=O) groups is 3. The number of carboxylic acid groups (broad SMARTS) is 1. The molecule has 1 N–H and O–H groups in total. The van der Waals surface area contributed by atoms with Crippen molar-refractivity contribution in [1.29, 1.82) is 0 Å². The molecule has 0 aliphatic rings. The van der Waals surface area contributed by atoms with E-state index in [1.165, 1.54) is 4.90 Å². The average Bonchev–Trinajstić information content (AvgIpc) is 2.60. The van der Waals surface area contributed by atoms with Crippen LogP contribution in [0.15, 0.2) is 24.3 Å². The van der Waals surface area contributed by atoms with Gasteiger partial charge in [-0.25, -0.2) is 4.79 Å². The van der Waals surface area contributed by atoms with E-state index in [-0.39, 0.29) is 11.8 Å². The number of carboxylic acids is 1. The largest absolute Gasteiger partial charge is 0.482 e. The molecule has 0 heterocycles. The van der Waals surface area contributed by atoms with Crippen LogP contribution in [-0.4, -0.2) is 54.5 Å². The summed E-state index contributed by atoms with van der Waals surface area (Å²) < 4.78 is 5.05. The smallest absolute Gasteiger partial charge is 0.341 e. The number of aliphatic carboxylic acids is 1. The molecule has 0 fully saturated rings. The van der Waals surface area contributed by atoms with Crippen LogP contribution in [0.3, 0.4) is 0 Å². The minimum absolute atomic E-state index is 0.0698. The number of benzene rings is 1. The highest BCUT2D eigenvalue weighted by Crippen LogP contribution is 2.19. The van der Waals surface area contributed by atoms with Gasteiger partial charge in [-0.3, -0.25) is 9.59 Å². The first-order valence-corrected chi connectivity index (χ1v) is 8.38. The molecule has 7 heteroatoms. The van der Waals surface area contributed by atoms with Gasteiger partial charge in [0.15, 0.2) is 6.61 Å². The second kappa shape index (κ2) is 10.3. The van der Waals surface area contributed by atoms with Gasteiger partial charge in [0.2, 0.25) is 11.8 Å². The Morgan fingerprint density at radius 1 is 1.00 bits per heavy atom. The molecule has 0 radical (unpaired) electrons. The molecule has 1 rings (SSSR count). The van der Waals surface area contributed by atoms with Gasteiger partial charge in [0.25, 0.3) is 0 Å². The van der Waals surface area contributed by atoms with Gasteiger partial charge in [0.1, 0.15) is 5.75 Å². The van der Waals surface area contributed by atoms with Gasteiger partial charge in [-0.05, 0) is 44.5 Å². The number of nitrogens with zero attached hydrogens (tertiary/aromatic N) is 2. The van der Waals surface area contributed by atoms with E-state index in [0.29, 0.717) is 43.8 Å². The fourth-order valence-corrected chi connectivity index (χ4v) is 2.35. The summed E-state index contributed by atoms with van der Waals surface area (Å²) in [6.07, 6.45) is 1.17. The molecule has 0 saturated heterocycles. The van der Waals surface area contributed by atoms with Crippen LogP contribution < -0.4 is 9.64 Å². The highest BCUT2D eigenvalue weighted by atomic mass is 16.5. The first-order chi connectivity index (χ1) is 11.9. The van der Waals surface area contributed by atoms with E-state index in [4.69, 9.17) is 9.84 Å². The summed E-state index contributed by atoms with van der Waals surface area (Å²) in [7, 11) is 1.67. The molecule has 0 aromatic heterocycles. The van der Waals surface area contributed by atoms with Crippen molar-refractivity contribution >= 4 is 23.5 Å². The van der Waals surface area contributed by atoms with Gasteiger partial charge in [0, 0.05) is 38.7 Å². The minimum Gasteiger partial charge on any atom is -0.482 e. The van der Waals surface area contributed by atoms with Crippen molar-refractivity contribution in [2.24, 2.45) is 0 Å². The minimum atomic E-state index is -1.05. The van der Waals surface area contributed by atoms with Gasteiger partial charge in [0.05, 0.1) is 0 Å². The SMILES string of the molecule is CCN(CC)C(=O)CCCC(=O)N(C)c1ccc(OCC(=O)O)cc1. The van der Waals surface area contributed by atoms with Crippen molar-refractivity contribution in [1.82, 2.24) is 4.90 Å². The third-order valence-electron chi connectivity index (χ3n) is 3.86. The van der Waals surface area contributed by atoms with E-state index in [2.05, 4.69) is 0 Å². The molecular formula is C18H26N2O5. The van der Waals surface area contributed by atoms with Crippen LogP contribution in [0.4, 0.5) is 5.69 Å². The lowest BCUT2D eigenvalue weighted by atomic mass is 10.2. The van der Waals surface area contributed by atoms with Crippen molar-refractivity contribution in [3.05, 3.63) is 24.3 Å². The van der Waals surface area contributed by atoms with Crippen LogP contribution in [0, 0.1) is 0 Å². The molecule has 2 amide bonds. The highest BCUT2D eigenvalue weighted by molar-refractivity contribution is 5.93. The fourth-order valence-electron chi connectivity index (χ4n) is 2.35. The molecule has 0 aliphatic heterocycles. The van der Waals surface area contributed by atoms with Gasteiger partial charge < -0.3 is 19.6 Å². The molecule has 0 saturated carbocycles. The molecule has 0 bridgehead atoms. The zero-order valence-corrected chi connectivity index (χ0v) is 15.0. The van der Waals surface area contributed by atoms with Crippen molar-refractivity contribution in [3.8, 4) is 5.75 Å². The van der Waals surface area contributed by atoms with E-state index in [9.17, 15) is 14.4 Å². The Hall–Kier alpha value is -2.57. The molecular weight excluding hydrogens is 324 g/mol. The number of carbonyl (C=O) groups excluding carboxylic acids is 2. The average molecular weight is 350 g/mol. The lowest BCUT2D eigenvalue weighted by Crippen LogP contribution is -2.31. The number of ether oxygens (including phenoxy) is 1. The third-order valence-corrected chi connectivity index (χ3v) is 3.86. The number of hydrogen-bond donors (Lipinski definition) is 1. The van der Waals surface area contributed by atoms with E-state index in [1.54, 1.807) is 36.2 Å². The monoisotopic (exact) mass is 350 g/mol. The van der Waals surface area contributed by atoms with E-state index < -0.39 is 12.6 Å². The Labute approximate surface area is 148 Å². The van der Waals surface area contributed by atoms with Crippen LogP contribution in [0.5, 0.6) is 5.75 Å². The molecule has 0 spiro atoms. The first-order valence-electron chi connectivity index (χ1n) is 8.38. The van der Waals surface area contributed by atoms with E-state index in [1.807, 2.05) is 13.8 Å². The topological polar surface area (TPSA) is 87.2 Å². The summed E-state index contributed by atoms with van der Waals surface area (Å²) in [6.45, 7) is 4.82. The third kappa shape index (κ3) is 6.82. The van der Waals surface area contributed by atoms with Crippen LogP contribution in [0.25, 0.3) is 0 Å². The lowest BCUT2D eigenvalue weighted by Gasteiger charge is -2.20. The zero-order valence-electron chi connectivity index (χ0n) is 15.0. The van der Waals surface area contributed by atoms with Crippen LogP contribution in [0.1, 0.15) is 33.1 Å². The summed E-state index contributed by atoms with van der Waals surface area (Å²) in [4.78, 5) is 37.9. The molecule has 0 atom stereocenters. The number of anilines is 1. The maximum atomic E-state index is 12.2. The maximum Gasteiger partial charge on any atom is 0.341 e. The predicted molar refractivity (Wildman–Crippen MR) is 94.8 cm³/mol. The van der Waals surface area contributed by atoms with Gasteiger partial charge in [-0.2, -0.15) is 0 Å². The number of amides is 2. The Kier molecular flexibility index (Phi) is 8.46. The summed E-state index contributed by atoms with van der Waals surface area (Å²) in [5, 5.41) is 8.57. The highest BCUT2D eigenvalue weighted by Gasteiger charge is 2.14. The number of rotatable bonds is 10. The van der Waals surface area contributed by atoms with Crippen molar-refractivity contribution in [2.75, 3.05) is 31.6 Å². The van der Waals surface area contributed by atoms with Crippen LogP contribution in [0.2, 0.25) is 0 Å². The fraction of sp³-hybridized carbons (Fsp3) is 0.500. The van der Waals surface area contributed by atoms with Crippen LogP contribution >= 0.6 is 0 Å². The molecule has 25 heavy (non-hydrogen) atoms. The normalized spacial score (nSPS) is 10.2.